The Hall–Kier alpha value is -2.41. The maximum atomic E-state index is 11.7. The standard InChI is InChI=1S/C14H15N3O3S/c1-9-3-5-21-12(9)8-17-14(20)16-7-11-6-10(13(18)19)2-4-15-11/h2-6H,7-8H2,1H3,(H,18,19)(H2,16,17,20). The summed E-state index contributed by atoms with van der Waals surface area (Å²) in [5, 5.41) is 16.2. The molecule has 2 rings (SSSR count). The van der Waals surface area contributed by atoms with E-state index in [2.05, 4.69) is 15.6 Å². The molecular weight excluding hydrogens is 290 g/mol. The maximum Gasteiger partial charge on any atom is 0.335 e. The number of aromatic nitrogens is 1. The number of amides is 2. The van der Waals surface area contributed by atoms with Crippen LogP contribution in [0.1, 0.15) is 26.5 Å². The summed E-state index contributed by atoms with van der Waals surface area (Å²) < 4.78 is 0. The molecule has 0 radical (unpaired) electrons. The first kappa shape index (κ1) is 15.0. The highest BCUT2D eigenvalue weighted by Crippen LogP contribution is 2.14. The Kier molecular flexibility index (Phi) is 4.89. The number of carboxylic acids is 1. The normalized spacial score (nSPS) is 10.1. The molecule has 2 heterocycles. The molecule has 0 atom stereocenters. The van der Waals surface area contributed by atoms with Crippen LogP contribution in [0.15, 0.2) is 29.8 Å². The number of rotatable bonds is 5. The number of hydrogen-bond donors (Lipinski definition) is 3. The number of thiophene rings is 1. The summed E-state index contributed by atoms with van der Waals surface area (Å²) in [6.45, 7) is 2.64. The SMILES string of the molecule is Cc1ccsc1CNC(=O)NCc1cc(C(=O)O)ccn1. The van der Waals surface area contributed by atoms with Gasteiger partial charge < -0.3 is 15.7 Å². The number of hydrogen-bond acceptors (Lipinski definition) is 4. The van der Waals surface area contributed by atoms with Gasteiger partial charge in [0.05, 0.1) is 24.3 Å². The summed E-state index contributed by atoms with van der Waals surface area (Å²) in [7, 11) is 0. The first-order valence-corrected chi connectivity index (χ1v) is 7.17. The molecule has 0 spiro atoms. The molecule has 0 fully saturated rings. The number of aromatic carboxylic acids is 1. The lowest BCUT2D eigenvalue weighted by Gasteiger charge is -2.07. The molecule has 0 aliphatic rings. The minimum absolute atomic E-state index is 0.149. The van der Waals surface area contributed by atoms with Crippen LogP contribution in [0.2, 0.25) is 0 Å². The Morgan fingerprint density at radius 3 is 2.71 bits per heavy atom. The van der Waals surface area contributed by atoms with Gasteiger partial charge in [-0.2, -0.15) is 0 Å². The van der Waals surface area contributed by atoms with Crippen molar-refractivity contribution in [3.8, 4) is 0 Å². The van der Waals surface area contributed by atoms with Gasteiger partial charge in [-0.05, 0) is 36.1 Å². The molecule has 0 aliphatic heterocycles. The first-order chi connectivity index (χ1) is 10.1. The third kappa shape index (κ3) is 4.28. The number of nitrogens with one attached hydrogen (secondary N) is 2. The van der Waals surface area contributed by atoms with Gasteiger partial charge in [-0.25, -0.2) is 9.59 Å². The van der Waals surface area contributed by atoms with Crippen molar-refractivity contribution in [2.45, 2.75) is 20.0 Å². The van der Waals surface area contributed by atoms with Crippen molar-refractivity contribution >= 4 is 23.3 Å². The van der Waals surface area contributed by atoms with Crippen LogP contribution < -0.4 is 10.6 Å². The van der Waals surface area contributed by atoms with Gasteiger partial charge in [0.2, 0.25) is 0 Å². The van der Waals surface area contributed by atoms with Crippen LogP contribution in [0.5, 0.6) is 0 Å². The van der Waals surface area contributed by atoms with E-state index in [4.69, 9.17) is 5.11 Å². The molecule has 2 aromatic rings. The Balaban J connectivity index is 1.82. The summed E-state index contributed by atoms with van der Waals surface area (Å²) in [6, 6.07) is 4.53. The minimum Gasteiger partial charge on any atom is -0.478 e. The highest BCUT2D eigenvalue weighted by molar-refractivity contribution is 7.10. The molecule has 2 aromatic heterocycles. The predicted octanol–water partition coefficient (Wildman–Crippen LogP) is 2.15. The summed E-state index contributed by atoms with van der Waals surface area (Å²) >= 11 is 1.59. The fourth-order valence-corrected chi connectivity index (χ4v) is 2.53. The molecule has 3 N–H and O–H groups in total. The molecule has 110 valence electrons. The van der Waals surface area contributed by atoms with Crippen LogP contribution in [0.25, 0.3) is 0 Å². The van der Waals surface area contributed by atoms with Gasteiger partial charge in [-0.3, -0.25) is 4.98 Å². The van der Waals surface area contributed by atoms with E-state index in [-0.39, 0.29) is 18.1 Å². The van der Waals surface area contributed by atoms with Crippen LogP contribution in [0.4, 0.5) is 4.79 Å². The Morgan fingerprint density at radius 2 is 2.05 bits per heavy atom. The third-order valence-corrected chi connectivity index (χ3v) is 3.89. The predicted molar refractivity (Wildman–Crippen MR) is 79.3 cm³/mol. The van der Waals surface area contributed by atoms with Gasteiger partial charge in [-0.1, -0.05) is 0 Å². The maximum absolute atomic E-state index is 11.7. The van der Waals surface area contributed by atoms with Crippen LogP contribution in [-0.4, -0.2) is 22.1 Å². The van der Waals surface area contributed by atoms with Gasteiger partial charge in [0.15, 0.2) is 0 Å². The largest absolute Gasteiger partial charge is 0.478 e. The number of urea groups is 1. The minimum atomic E-state index is -1.02. The van der Waals surface area contributed by atoms with Crippen molar-refractivity contribution in [1.82, 2.24) is 15.6 Å². The molecule has 21 heavy (non-hydrogen) atoms. The van der Waals surface area contributed by atoms with E-state index < -0.39 is 5.97 Å². The third-order valence-electron chi connectivity index (χ3n) is 2.87. The summed E-state index contributed by atoms with van der Waals surface area (Å²) in [6.07, 6.45) is 1.41. The second-order valence-electron chi connectivity index (χ2n) is 4.40. The quantitative estimate of drug-likeness (QED) is 0.789. The number of carboxylic acid groups (broad SMARTS) is 1. The number of carbonyl (C=O) groups excluding carboxylic acids is 1. The zero-order valence-corrected chi connectivity index (χ0v) is 12.2. The monoisotopic (exact) mass is 305 g/mol. The fraction of sp³-hybridized carbons (Fsp3) is 0.214. The van der Waals surface area contributed by atoms with Crippen molar-refractivity contribution in [2.75, 3.05) is 0 Å². The van der Waals surface area contributed by atoms with E-state index in [1.54, 1.807) is 11.3 Å². The number of carbonyl (C=O) groups is 2. The van der Waals surface area contributed by atoms with Crippen LogP contribution >= 0.6 is 11.3 Å². The zero-order chi connectivity index (χ0) is 15.2. The topological polar surface area (TPSA) is 91.3 Å². The molecule has 0 saturated carbocycles. The second-order valence-corrected chi connectivity index (χ2v) is 5.40. The average molecular weight is 305 g/mol. The van der Waals surface area contributed by atoms with Crippen molar-refractivity contribution in [1.29, 1.82) is 0 Å². The molecule has 0 unspecified atom stereocenters. The lowest BCUT2D eigenvalue weighted by Crippen LogP contribution is -2.34. The fourth-order valence-electron chi connectivity index (χ4n) is 1.69. The first-order valence-electron chi connectivity index (χ1n) is 6.29. The summed E-state index contributed by atoms with van der Waals surface area (Å²) in [4.78, 5) is 27.6. The second kappa shape index (κ2) is 6.85. The number of aryl methyl sites for hydroxylation is 1. The number of pyridine rings is 1. The summed E-state index contributed by atoms with van der Waals surface area (Å²) in [5.74, 6) is -1.02. The van der Waals surface area contributed by atoms with Crippen molar-refractivity contribution in [3.05, 3.63) is 51.5 Å². The highest BCUT2D eigenvalue weighted by Gasteiger charge is 2.06. The van der Waals surface area contributed by atoms with Gasteiger partial charge in [-0.15, -0.1) is 11.3 Å². The van der Waals surface area contributed by atoms with Gasteiger partial charge >= 0.3 is 12.0 Å². The van der Waals surface area contributed by atoms with Gasteiger partial charge in [0.25, 0.3) is 0 Å². The molecule has 2 amide bonds. The molecule has 0 aromatic carbocycles. The molecule has 0 aliphatic carbocycles. The Morgan fingerprint density at radius 1 is 1.29 bits per heavy atom. The van der Waals surface area contributed by atoms with Crippen molar-refractivity contribution < 1.29 is 14.7 Å². The van der Waals surface area contributed by atoms with E-state index in [9.17, 15) is 9.59 Å². The molecule has 0 saturated heterocycles. The summed E-state index contributed by atoms with van der Waals surface area (Å²) in [5.41, 5.74) is 1.80. The Labute approximate surface area is 125 Å². The molecular formula is C14H15N3O3S. The van der Waals surface area contributed by atoms with E-state index in [1.807, 2.05) is 18.4 Å². The van der Waals surface area contributed by atoms with Gasteiger partial charge in [0.1, 0.15) is 0 Å². The van der Waals surface area contributed by atoms with Crippen molar-refractivity contribution in [2.24, 2.45) is 0 Å². The lowest BCUT2D eigenvalue weighted by atomic mass is 10.2. The van der Waals surface area contributed by atoms with E-state index in [1.165, 1.54) is 18.3 Å². The number of nitrogens with zero attached hydrogens (tertiary/aromatic N) is 1. The Bertz CT molecular complexity index is 654. The molecule has 0 bridgehead atoms. The molecule has 7 heteroatoms. The van der Waals surface area contributed by atoms with Crippen molar-refractivity contribution in [3.63, 3.8) is 0 Å². The van der Waals surface area contributed by atoms with E-state index in [0.717, 1.165) is 10.4 Å². The highest BCUT2D eigenvalue weighted by atomic mass is 32.1. The lowest BCUT2D eigenvalue weighted by molar-refractivity contribution is 0.0696. The zero-order valence-electron chi connectivity index (χ0n) is 11.4. The molecule has 6 nitrogen and oxygen atoms in total. The smallest absolute Gasteiger partial charge is 0.335 e. The van der Waals surface area contributed by atoms with Crippen LogP contribution in [-0.2, 0) is 13.1 Å². The van der Waals surface area contributed by atoms with Crippen LogP contribution in [0, 0.1) is 6.92 Å². The van der Waals surface area contributed by atoms with Crippen LogP contribution in [0.3, 0.4) is 0 Å². The van der Waals surface area contributed by atoms with E-state index >= 15 is 0 Å². The van der Waals surface area contributed by atoms with E-state index in [0.29, 0.717) is 12.2 Å². The average Bonchev–Trinajstić information content (AvgIpc) is 2.88. The van der Waals surface area contributed by atoms with Gasteiger partial charge in [0, 0.05) is 11.1 Å².